The van der Waals surface area contributed by atoms with Crippen LogP contribution in [0, 0.1) is 6.92 Å². The van der Waals surface area contributed by atoms with Crippen molar-refractivity contribution >= 4 is 5.69 Å². The van der Waals surface area contributed by atoms with E-state index < -0.39 is 0 Å². The molecule has 0 fully saturated rings. The Kier molecular flexibility index (Phi) is 6.77. The second-order valence-electron chi connectivity index (χ2n) is 4.60. The lowest BCUT2D eigenvalue weighted by Gasteiger charge is -2.32. The van der Waals surface area contributed by atoms with Crippen LogP contribution in [0.25, 0.3) is 0 Å². The number of aromatic nitrogens is 1. The Balaban J connectivity index is 3.04. The van der Waals surface area contributed by atoms with E-state index in [1.165, 1.54) is 0 Å². The van der Waals surface area contributed by atoms with Gasteiger partial charge in [-0.2, -0.15) is 0 Å². The Morgan fingerprint density at radius 3 is 2.68 bits per heavy atom. The van der Waals surface area contributed by atoms with Gasteiger partial charge >= 0.3 is 0 Å². The zero-order valence-corrected chi connectivity index (χ0v) is 12.2. The lowest BCUT2D eigenvalue weighted by atomic mass is 10.1. The van der Waals surface area contributed by atoms with E-state index in [-0.39, 0.29) is 12.6 Å². The van der Waals surface area contributed by atoms with Crippen molar-refractivity contribution in [3.8, 4) is 0 Å². The summed E-state index contributed by atoms with van der Waals surface area (Å²) in [6, 6.07) is 2.19. The Morgan fingerprint density at radius 1 is 1.37 bits per heavy atom. The zero-order valence-electron chi connectivity index (χ0n) is 12.2. The highest BCUT2D eigenvalue weighted by molar-refractivity contribution is 5.54. The van der Waals surface area contributed by atoms with Gasteiger partial charge in [0.25, 0.3) is 0 Å². The minimum absolute atomic E-state index is 0.0220. The number of aliphatic hydroxyl groups is 1. The molecule has 0 amide bonds. The van der Waals surface area contributed by atoms with Gasteiger partial charge in [0.2, 0.25) is 0 Å². The van der Waals surface area contributed by atoms with E-state index in [1.54, 1.807) is 20.4 Å². The molecule has 1 aromatic heterocycles. The molecule has 108 valence electrons. The van der Waals surface area contributed by atoms with Gasteiger partial charge < -0.3 is 19.5 Å². The minimum atomic E-state index is -0.0220. The summed E-state index contributed by atoms with van der Waals surface area (Å²) < 4.78 is 10.4. The van der Waals surface area contributed by atoms with Crippen LogP contribution in [0.2, 0.25) is 0 Å². The highest BCUT2D eigenvalue weighted by atomic mass is 16.5. The average molecular weight is 268 g/mol. The molecule has 1 rings (SSSR count). The number of hydrogen-bond donors (Lipinski definition) is 1. The SMILES string of the molecule is COCCN(c1cc(C)ncc1CO)C(C)COC. The third kappa shape index (κ3) is 4.45. The van der Waals surface area contributed by atoms with Crippen LogP contribution in [0.5, 0.6) is 0 Å². The molecule has 0 bridgehead atoms. The lowest BCUT2D eigenvalue weighted by molar-refractivity contribution is 0.170. The quantitative estimate of drug-likeness (QED) is 0.771. The fourth-order valence-electron chi connectivity index (χ4n) is 2.06. The molecule has 0 aliphatic heterocycles. The van der Waals surface area contributed by atoms with Gasteiger partial charge in [-0.3, -0.25) is 4.98 Å². The van der Waals surface area contributed by atoms with Crippen molar-refractivity contribution in [2.45, 2.75) is 26.5 Å². The van der Waals surface area contributed by atoms with E-state index in [2.05, 4.69) is 16.8 Å². The van der Waals surface area contributed by atoms with Crippen LogP contribution < -0.4 is 4.90 Å². The first-order valence-electron chi connectivity index (χ1n) is 6.45. The van der Waals surface area contributed by atoms with E-state index in [0.29, 0.717) is 13.2 Å². The highest BCUT2D eigenvalue weighted by Crippen LogP contribution is 2.23. The van der Waals surface area contributed by atoms with Crippen LogP contribution in [-0.2, 0) is 16.1 Å². The average Bonchev–Trinajstić information content (AvgIpc) is 2.40. The molecule has 19 heavy (non-hydrogen) atoms. The van der Waals surface area contributed by atoms with Crippen LogP contribution in [0.15, 0.2) is 12.3 Å². The first-order chi connectivity index (χ1) is 9.13. The standard InChI is InChI=1S/C14H24N2O3/c1-11-7-14(13(9-17)8-15-11)16(5-6-18-3)12(2)10-19-4/h7-8,12,17H,5-6,9-10H2,1-4H3. The van der Waals surface area contributed by atoms with Crippen molar-refractivity contribution in [1.82, 2.24) is 4.98 Å². The van der Waals surface area contributed by atoms with E-state index >= 15 is 0 Å². The Morgan fingerprint density at radius 2 is 2.11 bits per heavy atom. The van der Waals surface area contributed by atoms with Gasteiger partial charge in [-0.25, -0.2) is 0 Å². The van der Waals surface area contributed by atoms with Crippen LogP contribution in [0.3, 0.4) is 0 Å². The van der Waals surface area contributed by atoms with Crippen molar-refractivity contribution in [1.29, 1.82) is 0 Å². The third-order valence-corrected chi connectivity index (χ3v) is 3.05. The maximum atomic E-state index is 9.47. The lowest BCUT2D eigenvalue weighted by Crippen LogP contribution is -2.39. The molecule has 1 N–H and O–H groups in total. The molecule has 0 aliphatic rings. The molecule has 1 unspecified atom stereocenters. The molecule has 1 heterocycles. The van der Waals surface area contributed by atoms with Crippen molar-refractivity contribution in [2.24, 2.45) is 0 Å². The van der Waals surface area contributed by atoms with Crippen molar-refractivity contribution < 1.29 is 14.6 Å². The van der Waals surface area contributed by atoms with E-state index in [9.17, 15) is 5.11 Å². The maximum absolute atomic E-state index is 9.47. The fraction of sp³-hybridized carbons (Fsp3) is 0.643. The normalized spacial score (nSPS) is 12.5. The van der Waals surface area contributed by atoms with Crippen molar-refractivity contribution in [3.05, 3.63) is 23.5 Å². The number of methoxy groups -OCH3 is 2. The highest BCUT2D eigenvalue weighted by Gasteiger charge is 2.17. The van der Waals surface area contributed by atoms with Crippen LogP contribution in [0.4, 0.5) is 5.69 Å². The first-order valence-corrected chi connectivity index (χ1v) is 6.45. The van der Waals surface area contributed by atoms with Crippen LogP contribution >= 0.6 is 0 Å². The molecule has 5 nitrogen and oxygen atoms in total. The van der Waals surface area contributed by atoms with Crippen LogP contribution in [-0.4, -0.2) is 50.1 Å². The van der Waals surface area contributed by atoms with Gasteiger partial charge in [-0.1, -0.05) is 0 Å². The van der Waals surface area contributed by atoms with Gasteiger partial charge in [-0.05, 0) is 19.9 Å². The molecular weight excluding hydrogens is 244 g/mol. The number of aryl methyl sites for hydroxylation is 1. The second kappa shape index (κ2) is 8.09. The topological polar surface area (TPSA) is 54.8 Å². The van der Waals surface area contributed by atoms with Crippen LogP contribution in [0.1, 0.15) is 18.2 Å². The third-order valence-electron chi connectivity index (χ3n) is 3.05. The number of rotatable bonds is 8. The predicted octanol–water partition coefficient (Wildman–Crippen LogP) is 1.37. The molecule has 1 atom stereocenters. The first kappa shape index (κ1) is 15.9. The fourth-order valence-corrected chi connectivity index (χ4v) is 2.06. The number of nitrogens with zero attached hydrogens (tertiary/aromatic N) is 2. The molecule has 0 spiro atoms. The number of pyridine rings is 1. The molecular formula is C14H24N2O3. The predicted molar refractivity (Wildman–Crippen MR) is 75.5 cm³/mol. The van der Waals surface area contributed by atoms with E-state index in [4.69, 9.17) is 9.47 Å². The molecule has 0 saturated carbocycles. The molecule has 0 aliphatic carbocycles. The largest absolute Gasteiger partial charge is 0.392 e. The van der Waals surface area contributed by atoms with Gasteiger partial charge in [0, 0.05) is 49.9 Å². The summed E-state index contributed by atoms with van der Waals surface area (Å²) in [6.07, 6.45) is 1.73. The summed E-state index contributed by atoms with van der Waals surface area (Å²) in [7, 11) is 3.37. The van der Waals surface area contributed by atoms with E-state index in [1.807, 2.05) is 13.0 Å². The number of hydrogen-bond acceptors (Lipinski definition) is 5. The van der Waals surface area contributed by atoms with Gasteiger partial charge in [0.05, 0.1) is 19.8 Å². The Hall–Kier alpha value is -1.17. The van der Waals surface area contributed by atoms with E-state index in [0.717, 1.165) is 23.5 Å². The molecule has 0 radical (unpaired) electrons. The maximum Gasteiger partial charge on any atom is 0.0717 e. The minimum Gasteiger partial charge on any atom is -0.392 e. The summed E-state index contributed by atoms with van der Waals surface area (Å²) >= 11 is 0. The molecule has 0 saturated heterocycles. The summed E-state index contributed by atoms with van der Waals surface area (Å²) in [5.74, 6) is 0. The van der Waals surface area contributed by atoms with Crippen molar-refractivity contribution in [3.63, 3.8) is 0 Å². The second-order valence-corrected chi connectivity index (χ2v) is 4.60. The van der Waals surface area contributed by atoms with Gasteiger partial charge in [-0.15, -0.1) is 0 Å². The monoisotopic (exact) mass is 268 g/mol. The zero-order chi connectivity index (χ0) is 14.3. The Labute approximate surface area is 115 Å². The molecule has 1 aromatic rings. The number of aliphatic hydroxyl groups excluding tert-OH is 1. The van der Waals surface area contributed by atoms with Gasteiger partial charge in [0.1, 0.15) is 0 Å². The van der Waals surface area contributed by atoms with Crippen molar-refractivity contribution in [2.75, 3.05) is 38.9 Å². The number of ether oxygens (including phenoxy) is 2. The molecule has 5 heteroatoms. The Bertz CT molecular complexity index is 385. The summed E-state index contributed by atoms with van der Waals surface area (Å²) in [4.78, 5) is 6.42. The smallest absolute Gasteiger partial charge is 0.0717 e. The van der Waals surface area contributed by atoms with Gasteiger partial charge in [0.15, 0.2) is 0 Å². The molecule has 0 aromatic carbocycles. The summed E-state index contributed by atoms with van der Waals surface area (Å²) in [5.41, 5.74) is 2.75. The summed E-state index contributed by atoms with van der Waals surface area (Å²) in [6.45, 7) is 6.01. The summed E-state index contributed by atoms with van der Waals surface area (Å²) in [5, 5.41) is 9.47. The number of anilines is 1.